The number of benzene rings is 1. The van der Waals surface area contributed by atoms with Crippen molar-refractivity contribution in [1.82, 2.24) is 4.90 Å². The molecule has 1 aliphatic carbocycles. The molecule has 0 aromatic heterocycles. The molecule has 3 rings (SSSR count). The van der Waals surface area contributed by atoms with Crippen molar-refractivity contribution in [3.05, 3.63) is 33.9 Å². The Morgan fingerprint density at radius 3 is 3.10 bits per heavy atom. The molecule has 1 saturated heterocycles. The highest BCUT2D eigenvalue weighted by Crippen LogP contribution is 2.31. The average molecular weight is 277 g/mol. The normalized spacial score (nSPS) is 26.4. The van der Waals surface area contributed by atoms with E-state index >= 15 is 0 Å². The van der Waals surface area contributed by atoms with Crippen LogP contribution >= 0.6 is 0 Å². The van der Waals surface area contributed by atoms with Crippen LogP contribution in [-0.2, 0) is 11.3 Å². The molecule has 2 aliphatic rings. The summed E-state index contributed by atoms with van der Waals surface area (Å²) in [5, 5.41) is 10.9. The van der Waals surface area contributed by atoms with Gasteiger partial charge in [0.25, 0.3) is 5.69 Å². The third-order valence-corrected chi connectivity index (χ3v) is 4.27. The molecule has 1 saturated carbocycles. The Kier molecular flexibility index (Phi) is 3.58. The lowest BCUT2D eigenvalue weighted by Crippen LogP contribution is -2.47. The molecule has 2 fully saturated rings. The summed E-state index contributed by atoms with van der Waals surface area (Å²) in [6.07, 6.45) is 3.82. The van der Waals surface area contributed by atoms with Gasteiger partial charge in [0.2, 0.25) is 0 Å². The van der Waals surface area contributed by atoms with Crippen LogP contribution in [0.25, 0.3) is 0 Å². The van der Waals surface area contributed by atoms with Gasteiger partial charge in [-0.15, -0.1) is 0 Å². The first-order valence-corrected chi connectivity index (χ1v) is 7.03. The lowest BCUT2D eigenvalue weighted by molar-refractivity contribution is -0.384. The van der Waals surface area contributed by atoms with Crippen molar-refractivity contribution < 1.29 is 9.66 Å². The minimum Gasteiger partial charge on any atom is -0.393 e. The number of hydrogen-bond acceptors (Lipinski definition) is 5. The summed E-state index contributed by atoms with van der Waals surface area (Å²) in [4.78, 5) is 12.9. The smallest absolute Gasteiger partial charge is 0.292 e. The Balaban J connectivity index is 1.77. The molecule has 1 aliphatic heterocycles. The summed E-state index contributed by atoms with van der Waals surface area (Å²) >= 11 is 0. The number of nitro groups is 1. The molecule has 0 radical (unpaired) electrons. The number of rotatable bonds is 3. The molecule has 1 aromatic rings. The lowest BCUT2D eigenvalue weighted by Gasteiger charge is -2.37. The van der Waals surface area contributed by atoms with Gasteiger partial charge in [-0.3, -0.25) is 15.0 Å². The molecule has 1 aromatic carbocycles. The van der Waals surface area contributed by atoms with Crippen molar-refractivity contribution in [2.45, 2.75) is 38.0 Å². The fourth-order valence-corrected chi connectivity index (χ4v) is 3.28. The van der Waals surface area contributed by atoms with E-state index in [2.05, 4.69) is 4.90 Å². The van der Waals surface area contributed by atoms with Gasteiger partial charge < -0.3 is 10.5 Å². The van der Waals surface area contributed by atoms with Crippen molar-refractivity contribution in [3.8, 4) is 0 Å². The highest BCUT2D eigenvalue weighted by molar-refractivity contribution is 5.59. The van der Waals surface area contributed by atoms with Crippen molar-refractivity contribution in [1.29, 1.82) is 0 Å². The van der Waals surface area contributed by atoms with Crippen molar-refractivity contribution in [3.63, 3.8) is 0 Å². The molecule has 20 heavy (non-hydrogen) atoms. The van der Waals surface area contributed by atoms with Crippen LogP contribution in [-0.4, -0.2) is 35.1 Å². The minimum absolute atomic E-state index is 0.00117. The maximum Gasteiger partial charge on any atom is 0.292 e. The third kappa shape index (κ3) is 2.48. The maximum atomic E-state index is 10.9. The first kappa shape index (κ1) is 13.3. The van der Waals surface area contributed by atoms with Gasteiger partial charge in [0.1, 0.15) is 5.69 Å². The number of nitrogens with two attached hydrogens (primary N) is 1. The first-order valence-electron chi connectivity index (χ1n) is 7.03. The standard InChI is InChI=1S/C14H19N3O3/c15-11-5-4-10(8-13(11)17(18)19)9-16-6-7-20-14-3-1-2-12(14)16/h4-5,8,12,14H,1-3,6-7,9,15H2. The molecule has 6 nitrogen and oxygen atoms in total. The zero-order valence-corrected chi connectivity index (χ0v) is 11.3. The summed E-state index contributed by atoms with van der Waals surface area (Å²) in [6, 6.07) is 5.55. The van der Waals surface area contributed by atoms with Crippen LogP contribution in [0.5, 0.6) is 0 Å². The zero-order chi connectivity index (χ0) is 14.1. The second kappa shape index (κ2) is 5.38. The van der Waals surface area contributed by atoms with Gasteiger partial charge >= 0.3 is 0 Å². The van der Waals surface area contributed by atoms with Gasteiger partial charge in [-0.1, -0.05) is 6.07 Å². The highest BCUT2D eigenvalue weighted by Gasteiger charge is 2.35. The van der Waals surface area contributed by atoms with Gasteiger partial charge in [0.05, 0.1) is 17.6 Å². The summed E-state index contributed by atoms with van der Waals surface area (Å²) in [6.45, 7) is 2.36. The fraction of sp³-hybridized carbons (Fsp3) is 0.571. The Labute approximate surface area is 117 Å². The van der Waals surface area contributed by atoms with E-state index in [1.165, 1.54) is 6.42 Å². The monoisotopic (exact) mass is 277 g/mol. The molecule has 2 unspecified atom stereocenters. The van der Waals surface area contributed by atoms with E-state index in [9.17, 15) is 10.1 Å². The number of fused-ring (bicyclic) bond motifs is 1. The molecule has 2 atom stereocenters. The lowest BCUT2D eigenvalue weighted by atomic mass is 10.1. The molecule has 0 spiro atoms. The van der Waals surface area contributed by atoms with Gasteiger partial charge in [-0.2, -0.15) is 0 Å². The summed E-state index contributed by atoms with van der Waals surface area (Å²) < 4.78 is 5.78. The van der Waals surface area contributed by atoms with Gasteiger partial charge in [0, 0.05) is 25.2 Å². The van der Waals surface area contributed by atoms with Crippen LogP contribution < -0.4 is 5.73 Å². The van der Waals surface area contributed by atoms with E-state index in [0.717, 1.165) is 38.1 Å². The van der Waals surface area contributed by atoms with Crippen LogP contribution in [0.2, 0.25) is 0 Å². The molecule has 2 N–H and O–H groups in total. The number of nitrogen functional groups attached to an aromatic ring is 1. The molecule has 0 bridgehead atoms. The first-order chi connectivity index (χ1) is 9.65. The Bertz CT molecular complexity index is 520. The van der Waals surface area contributed by atoms with Crippen LogP contribution in [0.3, 0.4) is 0 Å². The highest BCUT2D eigenvalue weighted by atomic mass is 16.6. The number of nitro benzene ring substituents is 1. The average Bonchev–Trinajstić information content (AvgIpc) is 2.90. The summed E-state index contributed by atoms with van der Waals surface area (Å²) in [5.41, 5.74) is 6.80. The quantitative estimate of drug-likeness (QED) is 0.518. The number of hydrogen-bond donors (Lipinski definition) is 1. The zero-order valence-electron chi connectivity index (χ0n) is 11.3. The van der Waals surface area contributed by atoms with Crippen LogP contribution in [0, 0.1) is 10.1 Å². The second-order valence-corrected chi connectivity index (χ2v) is 5.53. The van der Waals surface area contributed by atoms with E-state index < -0.39 is 4.92 Å². The second-order valence-electron chi connectivity index (χ2n) is 5.53. The van der Waals surface area contributed by atoms with Crippen LogP contribution in [0.15, 0.2) is 18.2 Å². The predicted molar refractivity (Wildman–Crippen MR) is 75.3 cm³/mol. The van der Waals surface area contributed by atoms with Crippen molar-refractivity contribution in [2.24, 2.45) is 0 Å². The Morgan fingerprint density at radius 1 is 1.45 bits per heavy atom. The number of morpholine rings is 1. The van der Waals surface area contributed by atoms with Gasteiger partial charge in [-0.05, 0) is 30.9 Å². The molecular weight excluding hydrogens is 258 g/mol. The van der Waals surface area contributed by atoms with E-state index in [-0.39, 0.29) is 11.4 Å². The largest absolute Gasteiger partial charge is 0.393 e. The SMILES string of the molecule is Nc1ccc(CN2CCOC3CCCC32)cc1[N+](=O)[O-]. The van der Waals surface area contributed by atoms with Crippen LogP contribution in [0.1, 0.15) is 24.8 Å². The predicted octanol–water partition coefficient (Wildman–Crippen LogP) is 1.93. The fourth-order valence-electron chi connectivity index (χ4n) is 3.28. The molecular formula is C14H19N3O3. The number of anilines is 1. The van der Waals surface area contributed by atoms with Gasteiger partial charge in [-0.25, -0.2) is 0 Å². The Morgan fingerprint density at radius 2 is 2.30 bits per heavy atom. The minimum atomic E-state index is -0.420. The van der Waals surface area contributed by atoms with E-state index in [1.807, 2.05) is 6.07 Å². The van der Waals surface area contributed by atoms with E-state index in [4.69, 9.17) is 10.5 Å². The summed E-state index contributed by atoms with van der Waals surface area (Å²) in [7, 11) is 0. The van der Waals surface area contributed by atoms with Crippen molar-refractivity contribution in [2.75, 3.05) is 18.9 Å². The third-order valence-electron chi connectivity index (χ3n) is 4.27. The van der Waals surface area contributed by atoms with E-state index in [1.54, 1.807) is 12.1 Å². The van der Waals surface area contributed by atoms with E-state index in [0.29, 0.717) is 12.1 Å². The van der Waals surface area contributed by atoms with Gasteiger partial charge in [0.15, 0.2) is 0 Å². The summed E-state index contributed by atoms with van der Waals surface area (Å²) in [5.74, 6) is 0. The molecule has 108 valence electrons. The number of nitrogens with zero attached hydrogens (tertiary/aromatic N) is 2. The Hall–Kier alpha value is -1.66. The molecule has 0 amide bonds. The molecule has 6 heteroatoms. The number of ether oxygens (including phenoxy) is 1. The van der Waals surface area contributed by atoms with Crippen molar-refractivity contribution >= 4 is 11.4 Å². The maximum absolute atomic E-state index is 10.9. The molecule has 1 heterocycles. The topological polar surface area (TPSA) is 81.6 Å². The van der Waals surface area contributed by atoms with Crippen LogP contribution in [0.4, 0.5) is 11.4 Å².